The number of hydrogen-bond acceptors (Lipinski definition) is 1. The van der Waals surface area contributed by atoms with E-state index in [0.29, 0.717) is 0 Å². The highest BCUT2D eigenvalue weighted by Crippen LogP contribution is 2.21. The zero-order valence-corrected chi connectivity index (χ0v) is 16.3. The molecule has 0 aromatic heterocycles. The van der Waals surface area contributed by atoms with Gasteiger partial charge in [0.2, 0.25) is 0 Å². The summed E-state index contributed by atoms with van der Waals surface area (Å²) < 4.78 is 13.2. The Bertz CT molecular complexity index is 641. The summed E-state index contributed by atoms with van der Waals surface area (Å²) in [4.78, 5) is 6.91. The van der Waals surface area contributed by atoms with E-state index in [2.05, 4.69) is 50.2 Å². The second-order valence-corrected chi connectivity index (χ2v) is 6.37. The Hall–Kier alpha value is -2.16. The molecule has 136 valence electrons. The van der Waals surface area contributed by atoms with Gasteiger partial charge in [-0.15, -0.1) is 0 Å². The fraction of sp³-hybridized carbons (Fsp3) is 0.409. The molecule has 0 atom stereocenters. The van der Waals surface area contributed by atoms with E-state index in [9.17, 15) is 4.39 Å². The summed E-state index contributed by atoms with van der Waals surface area (Å²) in [6.45, 7) is 16.3. The molecule has 0 heterocycles. The molecule has 3 heteroatoms. The lowest BCUT2D eigenvalue weighted by Gasteiger charge is -2.27. The highest BCUT2D eigenvalue weighted by atomic mass is 19.1. The number of hydrogen-bond donors (Lipinski definition) is 0. The Balaban J connectivity index is 3.33. The first-order chi connectivity index (χ1) is 11.9. The van der Waals surface area contributed by atoms with Gasteiger partial charge in [-0.25, -0.2) is 9.38 Å². The highest BCUT2D eigenvalue weighted by molar-refractivity contribution is 6.03. The van der Waals surface area contributed by atoms with E-state index in [1.54, 1.807) is 6.20 Å². The Morgan fingerprint density at radius 2 is 1.64 bits per heavy atom. The lowest BCUT2D eigenvalue weighted by Crippen LogP contribution is -2.33. The lowest BCUT2D eigenvalue weighted by molar-refractivity contribution is 0.417. The van der Waals surface area contributed by atoms with Crippen LogP contribution in [0.3, 0.4) is 0 Å². The fourth-order valence-corrected chi connectivity index (χ4v) is 2.72. The van der Waals surface area contributed by atoms with Gasteiger partial charge in [-0.05, 0) is 63.0 Å². The fourth-order valence-electron chi connectivity index (χ4n) is 2.72. The first-order valence-electron chi connectivity index (χ1n) is 9.00. The van der Waals surface area contributed by atoms with Crippen molar-refractivity contribution < 1.29 is 4.39 Å². The maximum absolute atomic E-state index is 13.2. The molecule has 0 saturated carbocycles. The molecule has 0 saturated heterocycles. The third-order valence-electron chi connectivity index (χ3n) is 3.94. The van der Waals surface area contributed by atoms with Crippen molar-refractivity contribution in [1.29, 1.82) is 0 Å². The summed E-state index contributed by atoms with van der Waals surface area (Å²) in [7, 11) is 0. The van der Waals surface area contributed by atoms with Gasteiger partial charge in [-0.3, -0.25) is 0 Å². The van der Waals surface area contributed by atoms with Crippen molar-refractivity contribution in [2.75, 3.05) is 13.1 Å². The molecule has 0 radical (unpaired) electrons. The van der Waals surface area contributed by atoms with E-state index in [1.807, 2.05) is 19.1 Å². The van der Waals surface area contributed by atoms with E-state index in [1.165, 1.54) is 17.7 Å². The van der Waals surface area contributed by atoms with Gasteiger partial charge in [0.15, 0.2) is 0 Å². The molecular formula is C22H31FN2. The molecular weight excluding hydrogens is 311 g/mol. The smallest absolute Gasteiger partial charge is 0.135 e. The topological polar surface area (TPSA) is 15.6 Å². The minimum absolute atomic E-state index is 0.218. The lowest BCUT2D eigenvalue weighted by atomic mass is 10.0. The SMILES string of the molecule is C=CN=C(C(/C=C(\C)c1ccc(F)cc1)=C(C)C)N(CCC)CCC. The van der Waals surface area contributed by atoms with Crippen molar-refractivity contribution in [3.63, 3.8) is 0 Å². The minimum atomic E-state index is -0.218. The average Bonchev–Trinajstić information content (AvgIpc) is 2.58. The number of rotatable bonds is 8. The third kappa shape index (κ3) is 6.33. The van der Waals surface area contributed by atoms with E-state index < -0.39 is 0 Å². The van der Waals surface area contributed by atoms with E-state index in [-0.39, 0.29) is 5.82 Å². The average molecular weight is 343 g/mol. The van der Waals surface area contributed by atoms with Crippen LogP contribution in [0.15, 0.2) is 59.3 Å². The van der Waals surface area contributed by atoms with Crippen molar-refractivity contribution in [3.05, 3.63) is 65.6 Å². The van der Waals surface area contributed by atoms with Crippen molar-refractivity contribution in [2.45, 2.75) is 47.5 Å². The molecule has 0 fully saturated rings. The first-order valence-corrected chi connectivity index (χ1v) is 9.00. The van der Waals surface area contributed by atoms with Crippen molar-refractivity contribution in [1.82, 2.24) is 4.90 Å². The molecule has 0 aliphatic heterocycles. The Morgan fingerprint density at radius 3 is 2.08 bits per heavy atom. The van der Waals surface area contributed by atoms with Crippen LogP contribution in [0.5, 0.6) is 0 Å². The number of benzene rings is 1. The van der Waals surface area contributed by atoms with Gasteiger partial charge in [0.05, 0.1) is 0 Å². The van der Waals surface area contributed by atoms with Gasteiger partial charge >= 0.3 is 0 Å². The maximum atomic E-state index is 13.2. The molecule has 0 aliphatic carbocycles. The van der Waals surface area contributed by atoms with Crippen LogP contribution in [-0.2, 0) is 0 Å². The van der Waals surface area contributed by atoms with Crippen molar-refractivity contribution in [3.8, 4) is 0 Å². The molecule has 1 aromatic carbocycles. The van der Waals surface area contributed by atoms with Gasteiger partial charge in [0, 0.05) is 24.9 Å². The van der Waals surface area contributed by atoms with Gasteiger partial charge in [-0.2, -0.15) is 0 Å². The van der Waals surface area contributed by atoms with Crippen LogP contribution < -0.4 is 0 Å². The predicted octanol–water partition coefficient (Wildman–Crippen LogP) is 6.23. The van der Waals surface area contributed by atoms with Crippen LogP contribution in [0, 0.1) is 5.82 Å². The molecule has 25 heavy (non-hydrogen) atoms. The maximum Gasteiger partial charge on any atom is 0.135 e. The highest BCUT2D eigenvalue weighted by Gasteiger charge is 2.15. The Labute approximate surface area is 152 Å². The second kappa shape index (κ2) is 10.7. The number of nitrogens with zero attached hydrogens (tertiary/aromatic N) is 2. The van der Waals surface area contributed by atoms with E-state index in [0.717, 1.165) is 48.5 Å². The Morgan fingerprint density at radius 1 is 1.08 bits per heavy atom. The standard InChI is InChI=1S/C22H31FN2/c1-7-14-25(15-8-2)22(24-9-3)21(17(4)5)16-18(6)19-10-12-20(23)13-11-19/h9-13,16H,3,7-8,14-15H2,1-2,4-6H3/b18-16+,24-22?. The number of allylic oxidation sites excluding steroid dienone is 2. The molecule has 0 unspecified atom stereocenters. The summed E-state index contributed by atoms with van der Waals surface area (Å²) >= 11 is 0. The molecule has 2 nitrogen and oxygen atoms in total. The first kappa shape index (κ1) is 20.9. The van der Waals surface area contributed by atoms with Crippen LogP contribution in [0.2, 0.25) is 0 Å². The second-order valence-electron chi connectivity index (χ2n) is 6.37. The molecule has 0 amide bonds. The van der Waals surface area contributed by atoms with Crippen molar-refractivity contribution >= 4 is 11.4 Å². The summed E-state index contributed by atoms with van der Waals surface area (Å²) in [5.41, 5.74) is 4.39. The Kier molecular flexibility index (Phi) is 8.90. The molecule has 0 bridgehead atoms. The normalized spacial score (nSPS) is 12.1. The van der Waals surface area contributed by atoms with Crippen LogP contribution >= 0.6 is 0 Å². The van der Waals surface area contributed by atoms with Gasteiger partial charge in [0.1, 0.15) is 11.7 Å². The molecule has 1 aromatic rings. The van der Waals surface area contributed by atoms with Crippen LogP contribution in [0.1, 0.15) is 53.0 Å². The number of amidine groups is 1. The van der Waals surface area contributed by atoms with Gasteiger partial charge in [-0.1, -0.05) is 38.1 Å². The molecule has 0 spiro atoms. The summed E-state index contributed by atoms with van der Waals surface area (Å²) in [5, 5.41) is 0. The largest absolute Gasteiger partial charge is 0.356 e. The zero-order valence-electron chi connectivity index (χ0n) is 16.3. The van der Waals surface area contributed by atoms with Gasteiger partial charge in [0.25, 0.3) is 0 Å². The molecule has 0 N–H and O–H groups in total. The third-order valence-corrected chi connectivity index (χ3v) is 3.94. The minimum Gasteiger partial charge on any atom is -0.356 e. The zero-order chi connectivity index (χ0) is 18.8. The molecule has 0 aliphatic rings. The van der Waals surface area contributed by atoms with Gasteiger partial charge < -0.3 is 4.90 Å². The summed E-state index contributed by atoms with van der Waals surface area (Å²) in [6.07, 6.45) is 5.88. The van der Waals surface area contributed by atoms with Crippen LogP contribution in [0.25, 0.3) is 5.57 Å². The quantitative estimate of drug-likeness (QED) is 0.311. The van der Waals surface area contributed by atoms with Crippen molar-refractivity contribution in [2.24, 2.45) is 4.99 Å². The summed E-state index contributed by atoms with van der Waals surface area (Å²) in [6, 6.07) is 6.61. The monoisotopic (exact) mass is 342 g/mol. The van der Waals surface area contributed by atoms with E-state index >= 15 is 0 Å². The number of aliphatic imine (C=N–C) groups is 1. The van der Waals surface area contributed by atoms with Crippen LogP contribution in [-0.4, -0.2) is 23.8 Å². The molecule has 1 rings (SSSR count). The van der Waals surface area contributed by atoms with Crippen LogP contribution in [0.4, 0.5) is 4.39 Å². The predicted molar refractivity (Wildman–Crippen MR) is 108 cm³/mol. The summed E-state index contributed by atoms with van der Waals surface area (Å²) in [5.74, 6) is 0.741. The van der Waals surface area contributed by atoms with E-state index in [4.69, 9.17) is 0 Å². The number of halogens is 1.